The van der Waals surface area contributed by atoms with Crippen LogP contribution in [0.1, 0.15) is 11.3 Å². The van der Waals surface area contributed by atoms with E-state index in [1.807, 2.05) is 6.20 Å². The molecule has 4 rings (SSSR count). The van der Waals surface area contributed by atoms with Crippen LogP contribution in [0.15, 0.2) is 41.3 Å². The van der Waals surface area contributed by atoms with E-state index >= 15 is 0 Å². The fourth-order valence-corrected chi connectivity index (χ4v) is 2.98. The quantitative estimate of drug-likeness (QED) is 0.497. The Morgan fingerprint density at radius 2 is 2.24 bits per heavy atom. The highest BCUT2D eigenvalue weighted by molar-refractivity contribution is 9.10. The topological polar surface area (TPSA) is 30.2 Å². The van der Waals surface area contributed by atoms with Crippen LogP contribution in [0.3, 0.4) is 0 Å². The summed E-state index contributed by atoms with van der Waals surface area (Å²) in [5, 5.41) is 0. The van der Waals surface area contributed by atoms with Crippen LogP contribution in [-0.4, -0.2) is 14.4 Å². The molecule has 3 nitrogen and oxygen atoms in total. The molecule has 0 saturated carbocycles. The van der Waals surface area contributed by atoms with Gasteiger partial charge in [-0.2, -0.15) is 0 Å². The van der Waals surface area contributed by atoms with Gasteiger partial charge in [0, 0.05) is 28.9 Å². The summed E-state index contributed by atoms with van der Waals surface area (Å²) in [6, 6.07) is 6.27. The Kier molecular flexibility index (Phi) is 1.74. The van der Waals surface area contributed by atoms with Crippen molar-refractivity contribution in [1.29, 1.82) is 0 Å². The highest BCUT2D eigenvalue weighted by Gasteiger charge is 2.25. The molecule has 2 aromatic heterocycles. The highest BCUT2D eigenvalue weighted by Crippen LogP contribution is 2.39. The van der Waals surface area contributed by atoms with Gasteiger partial charge in [0.05, 0.1) is 17.6 Å². The lowest BCUT2D eigenvalue weighted by molar-refractivity contribution is 1.03. The van der Waals surface area contributed by atoms with Gasteiger partial charge in [0.1, 0.15) is 0 Å². The number of imidazole rings is 1. The second-order valence-electron chi connectivity index (χ2n) is 4.15. The molecule has 0 fully saturated rings. The van der Waals surface area contributed by atoms with E-state index in [1.54, 1.807) is 12.4 Å². The number of hydrogen-bond acceptors (Lipinski definition) is 2. The monoisotopic (exact) mass is 285 g/mol. The minimum atomic E-state index is 0.920. The fourth-order valence-electron chi connectivity index (χ4n) is 2.47. The van der Waals surface area contributed by atoms with Gasteiger partial charge in [0.2, 0.25) is 0 Å². The molecular formula is C13H8BrN3. The van der Waals surface area contributed by atoms with E-state index in [0.717, 1.165) is 22.2 Å². The number of aromatic nitrogens is 3. The van der Waals surface area contributed by atoms with Gasteiger partial charge >= 0.3 is 0 Å². The Morgan fingerprint density at radius 3 is 3.18 bits per heavy atom. The van der Waals surface area contributed by atoms with Crippen molar-refractivity contribution >= 4 is 21.6 Å². The number of benzene rings is 1. The van der Waals surface area contributed by atoms with Crippen molar-refractivity contribution in [1.82, 2.24) is 14.4 Å². The lowest BCUT2D eigenvalue weighted by Gasteiger charge is -2.01. The molecule has 1 aliphatic carbocycles. The first-order chi connectivity index (χ1) is 8.34. The van der Waals surface area contributed by atoms with Gasteiger partial charge < -0.3 is 4.40 Å². The molecule has 0 spiro atoms. The summed E-state index contributed by atoms with van der Waals surface area (Å²) >= 11 is 3.61. The van der Waals surface area contributed by atoms with E-state index in [4.69, 9.17) is 0 Å². The third kappa shape index (κ3) is 1.16. The van der Waals surface area contributed by atoms with Crippen LogP contribution in [0.25, 0.3) is 16.9 Å². The van der Waals surface area contributed by atoms with Crippen LogP contribution in [-0.2, 0) is 6.42 Å². The molecule has 0 atom stereocenters. The maximum atomic E-state index is 4.66. The van der Waals surface area contributed by atoms with Crippen molar-refractivity contribution in [3.63, 3.8) is 0 Å². The zero-order chi connectivity index (χ0) is 11.4. The van der Waals surface area contributed by atoms with E-state index in [9.17, 15) is 0 Å². The van der Waals surface area contributed by atoms with Gasteiger partial charge in [-0.05, 0) is 11.6 Å². The molecule has 0 unspecified atom stereocenters. The van der Waals surface area contributed by atoms with Gasteiger partial charge in [-0.1, -0.05) is 28.1 Å². The number of rotatable bonds is 0. The van der Waals surface area contributed by atoms with Gasteiger partial charge in [0.15, 0.2) is 5.65 Å². The molecule has 82 valence electrons. The van der Waals surface area contributed by atoms with Crippen LogP contribution in [0, 0.1) is 0 Å². The average Bonchev–Trinajstić information content (AvgIpc) is 2.87. The molecule has 1 aliphatic rings. The first-order valence-corrected chi connectivity index (χ1v) is 6.22. The summed E-state index contributed by atoms with van der Waals surface area (Å²) < 4.78 is 3.28. The van der Waals surface area contributed by atoms with Gasteiger partial charge in [0.25, 0.3) is 0 Å². The lowest BCUT2D eigenvalue weighted by Crippen LogP contribution is -1.92. The summed E-state index contributed by atoms with van der Waals surface area (Å²) in [5.41, 5.74) is 5.83. The predicted octanol–water partition coefficient (Wildman–Crippen LogP) is 3.06. The molecule has 17 heavy (non-hydrogen) atoms. The second-order valence-corrected chi connectivity index (χ2v) is 5.01. The Labute approximate surface area is 106 Å². The van der Waals surface area contributed by atoms with E-state index in [0.29, 0.717) is 0 Å². The second kappa shape index (κ2) is 3.17. The Balaban J connectivity index is 2.10. The minimum absolute atomic E-state index is 0.920. The summed E-state index contributed by atoms with van der Waals surface area (Å²) in [6.45, 7) is 0. The van der Waals surface area contributed by atoms with E-state index in [-0.39, 0.29) is 0 Å². The molecule has 0 radical (unpaired) electrons. The van der Waals surface area contributed by atoms with Crippen LogP contribution < -0.4 is 0 Å². The lowest BCUT2D eigenvalue weighted by atomic mass is 10.1. The van der Waals surface area contributed by atoms with Gasteiger partial charge in [-0.3, -0.25) is 4.98 Å². The molecule has 4 heteroatoms. The van der Waals surface area contributed by atoms with Gasteiger partial charge in [-0.15, -0.1) is 0 Å². The molecule has 0 N–H and O–H groups in total. The Bertz CT molecular complexity index is 746. The zero-order valence-corrected chi connectivity index (χ0v) is 10.5. The van der Waals surface area contributed by atoms with Crippen molar-refractivity contribution in [3.8, 4) is 11.3 Å². The SMILES string of the molecule is Brc1cccc2c1Cc1c-2nc2cnccn12. The van der Waals surface area contributed by atoms with Crippen LogP contribution in [0.2, 0.25) is 0 Å². The molecule has 0 aliphatic heterocycles. The molecular weight excluding hydrogens is 278 g/mol. The molecule has 2 heterocycles. The number of fused-ring (bicyclic) bond motifs is 5. The smallest absolute Gasteiger partial charge is 0.156 e. The summed E-state index contributed by atoms with van der Waals surface area (Å²) in [4.78, 5) is 8.76. The number of hydrogen-bond donors (Lipinski definition) is 0. The largest absolute Gasteiger partial charge is 0.300 e. The van der Waals surface area contributed by atoms with Crippen LogP contribution in [0.4, 0.5) is 0 Å². The normalized spacial score (nSPS) is 12.8. The molecule has 0 saturated heterocycles. The fraction of sp³-hybridized carbons (Fsp3) is 0.0769. The summed E-state index contributed by atoms with van der Waals surface area (Å²) in [7, 11) is 0. The van der Waals surface area contributed by atoms with Gasteiger partial charge in [-0.25, -0.2) is 4.98 Å². The van der Waals surface area contributed by atoms with E-state index in [2.05, 4.69) is 48.5 Å². The standard InChI is InChI=1S/C13H8BrN3/c14-10-3-1-2-8-9(10)6-11-13(8)16-12-7-15-4-5-17(11)12/h1-5,7H,6H2. The Hall–Kier alpha value is -1.68. The maximum absolute atomic E-state index is 4.66. The predicted molar refractivity (Wildman–Crippen MR) is 68.9 cm³/mol. The molecule has 0 amide bonds. The van der Waals surface area contributed by atoms with E-state index in [1.165, 1.54) is 16.8 Å². The summed E-state index contributed by atoms with van der Waals surface area (Å²) in [6.07, 6.45) is 6.50. The van der Waals surface area contributed by atoms with Crippen molar-refractivity contribution < 1.29 is 0 Å². The first kappa shape index (κ1) is 9.36. The van der Waals surface area contributed by atoms with E-state index < -0.39 is 0 Å². The van der Waals surface area contributed by atoms with Crippen molar-refractivity contribution in [2.24, 2.45) is 0 Å². The molecule has 3 aromatic rings. The maximum Gasteiger partial charge on any atom is 0.156 e. The minimum Gasteiger partial charge on any atom is -0.300 e. The zero-order valence-electron chi connectivity index (χ0n) is 8.89. The molecule has 0 bridgehead atoms. The number of nitrogens with zero attached hydrogens (tertiary/aromatic N) is 3. The third-order valence-corrected chi connectivity index (χ3v) is 3.99. The van der Waals surface area contributed by atoms with Crippen LogP contribution in [0.5, 0.6) is 0 Å². The van der Waals surface area contributed by atoms with Crippen molar-refractivity contribution in [3.05, 3.63) is 52.5 Å². The van der Waals surface area contributed by atoms with Crippen LogP contribution >= 0.6 is 15.9 Å². The average molecular weight is 286 g/mol. The summed E-state index contributed by atoms with van der Waals surface area (Å²) in [5.74, 6) is 0. The highest BCUT2D eigenvalue weighted by atomic mass is 79.9. The first-order valence-electron chi connectivity index (χ1n) is 5.43. The third-order valence-electron chi connectivity index (χ3n) is 3.25. The van der Waals surface area contributed by atoms with Crippen molar-refractivity contribution in [2.45, 2.75) is 6.42 Å². The van der Waals surface area contributed by atoms with Crippen molar-refractivity contribution in [2.75, 3.05) is 0 Å². The number of halogens is 1. The molecule has 1 aromatic carbocycles. The Morgan fingerprint density at radius 1 is 1.29 bits per heavy atom.